The van der Waals surface area contributed by atoms with E-state index in [1.54, 1.807) is 35.3 Å². The van der Waals surface area contributed by atoms with Gasteiger partial charge in [-0.25, -0.2) is 9.66 Å². The Kier molecular flexibility index (Phi) is 4.33. The van der Waals surface area contributed by atoms with Crippen LogP contribution in [0.1, 0.15) is 15.9 Å². The van der Waals surface area contributed by atoms with Gasteiger partial charge in [-0.05, 0) is 55.0 Å². The summed E-state index contributed by atoms with van der Waals surface area (Å²) in [7, 11) is 0. The highest BCUT2D eigenvalue weighted by molar-refractivity contribution is 6.01. The molecule has 0 atom stereocenters. The number of para-hydroxylation sites is 2. The van der Waals surface area contributed by atoms with E-state index < -0.39 is 0 Å². The molecule has 5 aromatic rings. The molecule has 1 amide bonds. The van der Waals surface area contributed by atoms with Crippen LogP contribution in [0.4, 0.5) is 0 Å². The maximum Gasteiger partial charge on any atom is 0.270 e. The molecule has 0 saturated carbocycles. The molecule has 2 heterocycles. The normalized spacial score (nSPS) is 11.0. The summed E-state index contributed by atoms with van der Waals surface area (Å²) in [6.07, 6.45) is 1.59. The van der Waals surface area contributed by atoms with Crippen molar-refractivity contribution < 1.29 is 9.21 Å². The molecule has 3 aromatic carbocycles. The lowest BCUT2D eigenvalue weighted by Crippen LogP contribution is -2.21. The molecule has 5 rings (SSSR count). The van der Waals surface area contributed by atoms with Gasteiger partial charge >= 0.3 is 0 Å². The Labute approximate surface area is 172 Å². The number of carbonyl (C=O) groups is 1. The SMILES string of the molecule is Cc1ccccc1-c1nnc(-c2ccc(C(=O)Nn3cnc4ccccc43)cc2)o1. The molecule has 0 aliphatic rings. The molecule has 7 nitrogen and oxygen atoms in total. The maximum atomic E-state index is 12.6. The van der Waals surface area contributed by atoms with E-state index in [9.17, 15) is 4.79 Å². The average Bonchev–Trinajstić information content (AvgIpc) is 3.42. The summed E-state index contributed by atoms with van der Waals surface area (Å²) >= 11 is 0. The van der Waals surface area contributed by atoms with E-state index in [-0.39, 0.29) is 5.91 Å². The summed E-state index contributed by atoms with van der Waals surface area (Å²) in [6, 6.07) is 22.5. The molecule has 1 N–H and O–H groups in total. The van der Waals surface area contributed by atoms with Gasteiger partial charge in [-0.3, -0.25) is 10.2 Å². The molecular formula is C23H17N5O2. The molecule has 7 heteroatoms. The number of fused-ring (bicyclic) bond motifs is 1. The van der Waals surface area contributed by atoms with Gasteiger partial charge in [0.05, 0.1) is 11.0 Å². The molecule has 30 heavy (non-hydrogen) atoms. The molecule has 0 saturated heterocycles. The molecule has 0 aliphatic carbocycles. The molecule has 0 bridgehead atoms. The number of aromatic nitrogens is 4. The molecule has 0 unspecified atom stereocenters. The van der Waals surface area contributed by atoms with Crippen molar-refractivity contribution >= 4 is 16.9 Å². The standard InChI is InChI=1S/C23H17N5O2/c1-15-6-2-3-7-18(15)23-26-25-22(30-23)17-12-10-16(11-13-17)21(29)27-28-14-24-19-8-4-5-9-20(19)28/h2-14H,1H3,(H,27,29). The Bertz CT molecular complexity index is 1350. The van der Waals surface area contributed by atoms with E-state index >= 15 is 0 Å². The second kappa shape index (κ2) is 7.29. The van der Waals surface area contributed by atoms with Gasteiger partial charge in [-0.1, -0.05) is 30.3 Å². The Hall–Kier alpha value is -4.26. The lowest BCUT2D eigenvalue weighted by atomic mass is 10.1. The predicted octanol–water partition coefficient (Wildman–Crippen LogP) is 4.45. The van der Waals surface area contributed by atoms with E-state index in [4.69, 9.17) is 4.42 Å². The van der Waals surface area contributed by atoms with Crippen molar-refractivity contribution in [3.8, 4) is 22.9 Å². The number of hydrogen-bond acceptors (Lipinski definition) is 5. The monoisotopic (exact) mass is 395 g/mol. The van der Waals surface area contributed by atoms with Gasteiger partial charge in [0, 0.05) is 16.7 Å². The van der Waals surface area contributed by atoms with Gasteiger partial charge in [0.25, 0.3) is 5.91 Å². The highest BCUT2D eigenvalue weighted by Gasteiger charge is 2.13. The first kappa shape index (κ1) is 17.8. The van der Waals surface area contributed by atoms with E-state index in [1.807, 2.05) is 55.5 Å². The fourth-order valence-electron chi connectivity index (χ4n) is 3.25. The van der Waals surface area contributed by atoms with Crippen LogP contribution in [0.5, 0.6) is 0 Å². The summed E-state index contributed by atoms with van der Waals surface area (Å²) in [5, 5.41) is 8.30. The molecule has 0 radical (unpaired) electrons. The number of benzene rings is 3. The minimum atomic E-state index is -0.240. The molecule has 146 valence electrons. The van der Waals surface area contributed by atoms with Crippen LogP contribution in [-0.4, -0.2) is 25.8 Å². The smallest absolute Gasteiger partial charge is 0.270 e. The van der Waals surface area contributed by atoms with Crippen LogP contribution in [0.15, 0.2) is 83.5 Å². The van der Waals surface area contributed by atoms with Crippen LogP contribution in [0.3, 0.4) is 0 Å². The Balaban J connectivity index is 1.36. The molecular weight excluding hydrogens is 378 g/mol. The van der Waals surface area contributed by atoms with Gasteiger partial charge in [0.15, 0.2) is 0 Å². The third-order valence-electron chi connectivity index (χ3n) is 4.87. The third kappa shape index (κ3) is 3.22. The summed E-state index contributed by atoms with van der Waals surface area (Å²) in [5.74, 6) is 0.633. The molecule has 0 spiro atoms. The lowest BCUT2D eigenvalue weighted by molar-refractivity contribution is 0.101. The van der Waals surface area contributed by atoms with Crippen LogP contribution in [0, 0.1) is 6.92 Å². The largest absolute Gasteiger partial charge is 0.416 e. The average molecular weight is 395 g/mol. The van der Waals surface area contributed by atoms with Crippen molar-refractivity contribution in [2.24, 2.45) is 0 Å². The van der Waals surface area contributed by atoms with Gasteiger partial charge in [-0.15, -0.1) is 10.2 Å². The van der Waals surface area contributed by atoms with Crippen LogP contribution in [-0.2, 0) is 0 Å². The molecule has 0 aliphatic heterocycles. The second-order valence-corrected chi connectivity index (χ2v) is 6.85. The first-order valence-corrected chi connectivity index (χ1v) is 9.42. The zero-order valence-electron chi connectivity index (χ0n) is 16.1. The van der Waals surface area contributed by atoms with Crippen LogP contribution in [0.25, 0.3) is 33.9 Å². The van der Waals surface area contributed by atoms with Gasteiger partial charge < -0.3 is 4.42 Å². The van der Waals surface area contributed by atoms with Crippen LogP contribution in [0.2, 0.25) is 0 Å². The number of nitrogens with zero attached hydrogens (tertiary/aromatic N) is 4. The fraction of sp³-hybridized carbons (Fsp3) is 0.0435. The van der Waals surface area contributed by atoms with Crippen molar-refractivity contribution in [1.29, 1.82) is 0 Å². The Morgan fingerprint density at radius 3 is 2.47 bits per heavy atom. The lowest BCUT2D eigenvalue weighted by Gasteiger charge is -2.07. The summed E-state index contributed by atoms with van der Waals surface area (Å²) < 4.78 is 7.44. The fourth-order valence-corrected chi connectivity index (χ4v) is 3.25. The second-order valence-electron chi connectivity index (χ2n) is 6.85. The highest BCUT2D eigenvalue weighted by Crippen LogP contribution is 2.26. The van der Waals surface area contributed by atoms with Crippen molar-refractivity contribution in [3.63, 3.8) is 0 Å². The zero-order valence-corrected chi connectivity index (χ0v) is 16.1. The zero-order chi connectivity index (χ0) is 20.5. The topological polar surface area (TPSA) is 85.8 Å². The van der Waals surface area contributed by atoms with E-state index in [0.29, 0.717) is 17.3 Å². The van der Waals surface area contributed by atoms with Gasteiger partial charge in [0.2, 0.25) is 11.8 Å². The number of carbonyl (C=O) groups excluding carboxylic acids is 1. The quantitative estimate of drug-likeness (QED) is 0.486. The highest BCUT2D eigenvalue weighted by atomic mass is 16.4. The summed E-state index contributed by atoms with van der Waals surface area (Å²) in [4.78, 5) is 16.9. The van der Waals surface area contributed by atoms with Crippen LogP contribution >= 0.6 is 0 Å². The van der Waals surface area contributed by atoms with E-state index in [2.05, 4.69) is 20.6 Å². The minimum Gasteiger partial charge on any atom is -0.416 e. The Morgan fingerprint density at radius 1 is 0.900 bits per heavy atom. The van der Waals surface area contributed by atoms with Gasteiger partial charge in [0.1, 0.15) is 6.33 Å². The van der Waals surface area contributed by atoms with Crippen LogP contribution < -0.4 is 5.43 Å². The number of imidazole rings is 1. The number of amides is 1. The number of nitrogens with one attached hydrogen (secondary N) is 1. The van der Waals surface area contributed by atoms with Crippen molar-refractivity contribution in [3.05, 3.63) is 90.3 Å². The number of aryl methyl sites for hydroxylation is 1. The maximum absolute atomic E-state index is 12.6. The third-order valence-corrected chi connectivity index (χ3v) is 4.87. The number of rotatable bonds is 4. The van der Waals surface area contributed by atoms with Crippen molar-refractivity contribution in [1.82, 2.24) is 19.9 Å². The Morgan fingerprint density at radius 2 is 1.63 bits per heavy atom. The predicted molar refractivity (Wildman–Crippen MR) is 113 cm³/mol. The molecule has 0 fully saturated rings. The van der Waals surface area contributed by atoms with E-state index in [0.717, 1.165) is 27.7 Å². The van der Waals surface area contributed by atoms with E-state index in [1.165, 1.54) is 0 Å². The summed E-state index contributed by atoms with van der Waals surface area (Å²) in [5.41, 5.74) is 7.70. The molecule has 2 aromatic heterocycles. The number of hydrogen-bond donors (Lipinski definition) is 1. The van der Waals surface area contributed by atoms with Crippen molar-refractivity contribution in [2.45, 2.75) is 6.92 Å². The minimum absolute atomic E-state index is 0.240. The first-order chi connectivity index (χ1) is 14.7. The first-order valence-electron chi connectivity index (χ1n) is 9.42. The van der Waals surface area contributed by atoms with Crippen molar-refractivity contribution in [2.75, 3.05) is 5.43 Å². The summed E-state index contributed by atoms with van der Waals surface area (Å²) in [6.45, 7) is 2.00. The van der Waals surface area contributed by atoms with Gasteiger partial charge in [-0.2, -0.15) is 0 Å².